The highest BCUT2D eigenvalue weighted by atomic mass is 19.1. The summed E-state index contributed by atoms with van der Waals surface area (Å²) in [5, 5.41) is 6.72. The SMILES string of the molecule is CCc1ncnc(Nc2ccc(Cc3nc(C)no3)cc2)c1F. The maximum Gasteiger partial charge on any atom is 0.231 e. The van der Waals surface area contributed by atoms with Crippen LogP contribution in [0.4, 0.5) is 15.9 Å². The second-order valence-electron chi connectivity index (χ2n) is 5.07. The van der Waals surface area contributed by atoms with Crippen molar-refractivity contribution < 1.29 is 8.91 Å². The molecule has 0 unspecified atom stereocenters. The van der Waals surface area contributed by atoms with Gasteiger partial charge >= 0.3 is 0 Å². The van der Waals surface area contributed by atoms with Crippen LogP contribution < -0.4 is 5.32 Å². The number of hydrogen-bond donors (Lipinski definition) is 1. The van der Waals surface area contributed by atoms with Crippen LogP contribution in [0.2, 0.25) is 0 Å². The molecule has 3 rings (SSSR count). The van der Waals surface area contributed by atoms with Crippen LogP contribution in [0.1, 0.15) is 29.9 Å². The standard InChI is InChI=1S/C16H16FN5O/c1-3-13-15(17)16(19-9-18-13)21-12-6-4-11(5-7-12)8-14-20-10(2)22-23-14/h4-7,9H,3,8H2,1-2H3,(H,18,19,21). The van der Waals surface area contributed by atoms with Gasteiger partial charge in [-0.05, 0) is 31.0 Å². The van der Waals surface area contributed by atoms with Crippen molar-refractivity contribution in [1.82, 2.24) is 20.1 Å². The Morgan fingerprint density at radius 3 is 2.61 bits per heavy atom. The van der Waals surface area contributed by atoms with Gasteiger partial charge in [-0.2, -0.15) is 4.98 Å². The number of rotatable bonds is 5. The van der Waals surface area contributed by atoms with Crippen molar-refractivity contribution >= 4 is 11.5 Å². The minimum atomic E-state index is -0.416. The van der Waals surface area contributed by atoms with Gasteiger partial charge in [-0.15, -0.1) is 0 Å². The van der Waals surface area contributed by atoms with E-state index in [9.17, 15) is 4.39 Å². The first-order chi connectivity index (χ1) is 11.2. The third kappa shape index (κ3) is 3.50. The lowest BCUT2D eigenvalue weighted by Crippen LogP contribution is -2.02. The quantitative estimate of drug-likeness (QED) is 0.779. The molecule has 2 heterocycles. The highest BCUT2D eigenvalue weighted by molar-refractivity contribution is 5.57. The molecule has 0 fully saturated rings. The number of nitrogens with one attached hydrogen (secondary N) is 1. The molecular formula is C16H16FN5O. The van der Waals surface area contributed by atoms with E-state index >= 15 is 0 Å². The minimum Gasteiger partial charge on any atom is -0.339 e. The predicted octanol–water partition coefficient (Wildman–Crippen LogP) is 3.20. The van der Waals surface area contributed by atoms with E-state index in [0.29, 0.717) is 30.3 Å². The Morgan fingerprint density at radius 2 is 1.96 bits per heavy atom. The van der Waals surface area contributed by atoms with E-state index in [2.05, 4.69) is 25.4 Å². The van der Waals surface area contributed by atoms with Crippen molar-refractivity contribution in [2.45, 2.75) is 26.7 Å². The maximum atomic E-state index is 14.1. The largest absolute Gasteiger partial charge is 0.339 e. The number of halogens is 1. The normalized spacial score (nSPS) is 10.7. The minimum absolute atomic E-state index is 0.178. The number of benzene rings is 1. The molecule has 0 saturated heterocycles. The highest BCUT2D eigenvalue weighted by Crippen LogP contribution is 2.20. The smallest absolute Gasteiger partial charge is 0.231 e. The van der Waals surface area contributed by atoms with Gasteiger partial charge in [-0.25, -0.2) is 14.4 Å². The van der Waals surface area contributed by atoms with Gasteiger partial charge in [0.1, 0.15) is 6.33 Å². The van der Waals surface area contributed by atoms with E-state index in [4.69, 9.17) is 4.52 Å². The molecule has 0 atom stereocenters. The molecule has 3 aromatic rings. The van der Waals surface area contributed by atoms with Gasteiger partial charge in [0.05, 0.1) is 12.1 Å². The van der Waals surface area contributed by atoms with Gasteiger partial charge in [0, 0.05) is 5.69 Å². The van der Waals surface area contributed by atoms with Crippen LogP contribution in [-0.2, 0) is 12.8 Å². The van der Waals surface area contributed by atoms with Gasteiger partial charge in [0.25, 0.3) is 0 Å². The fourth-order valence-corrected chi connectivity index (χ4v) is 2.17. The lowest BCUT2D eigenvalue weighted by Gasteiger charge is -2.08. The molecule has 0 aliphatic rings. The number of aromatic nitrogens is 4. The van der Waals surface area contributed by atoms with Gasteiger partial charge < -0.3 is 9.84 Å². The molecule has 0 aliphatic heterocycles. The first kappa shape index (κ1) is 15.1. The summed E-state index contributed by atoms with van der Waals surface area (Å²) in [6.45, 7) is 3.63. The van der Waals surface area contributed by atoms with Crippen molar-refractivity contribution in [3.8, 4) is 0 Å². The van der Waals surface area contributed by atoms with Gasteiger partial charge in [0.2, 0.25) is 5.89 Å². The first-order valence-electron chi connectivity index (χ1n) is 7.30. The Kier molecular flexibility index (Phi) is 4.27. The number of hydrogen-bond acceptors (Lipinski definition) is 6. The number of anilines is 2. The molecule has 0 amide bonds. The van der Waals surface area contributed by atoms with E-state index in [1.165, 1.54) is 6.33 Å². The average Bonchev–Trinajstić information content (AvgIpc) is 2.96. The Balaban J connectivity index is 1.72. The van der Waals surface area contributed by atoms with Crippen LogP contribution in [0.3, 0.4) is 0 Å². The van der Waals surface area contributed by atoms with Crippen LogP contribution in [0.25, 0.3) is 0 Å². The topological polar surface area (TPSA) is 76.7 Å². The fraction of sp³-hybridized carbons (Fsp3) is 0.250. The Hall–Kier alpha value is -2.83. The summed E-state index contributed by atoms with van der Waals surface area (Å²) in [5.74, 6) is 0.944. The third-order valence-corrected chi connectivity index (χ3v) is 3.34. The van der Waals surface area contributed by atoms with E-state index in [1.807, 2.05) is 31.2 Å². The summed E-state index contributed by atoms with van der Waals surface area (Å²) < 4.78 is 19.2. The van der Waals surface area contributed by atoms with E-state index in [1.54, 1.807) is 6.92 Å². The van der Waals surface area contributed by atoms with Crippen molar-refractivity contribution in [3.63, 3.8) is 0 Å². The molecule has 2 aromatic heterocycles. The van der Waals surface area contributed by atoms with Crippen LogP contribution in [0.15, 0.2) is 35.1 Å². The molecule has 0 radical (unpaired) electrons. The summed E-state index contributed by atoms with van der Waals surface area (Å²) in [6.07, 6.45) is 2.44. The Labute approximate surface area is 132 Å². The predicted molar refractivity (Wildman–Crippen MR) is 82.9 cm³/mol. The maximum absolute atomic E-state index is 14.1. The molecule has 0 aliphatic carbocycles. The third-order valence-electron chi connectivity index (χ3n) is 3.34. The van der Waals surface area contributed by atoms with Crippen molar-refractivity contribution in [3.05, 3.63) is 59.4 Å². The van der Waals surface area contributed by atoms with Crippen LogP contribution in [-0.4, -0.2) is 20.1 Å². The zero-order valence-electron chi connectivity index (χ0n) is 12.9. The van der Waals surface area contributed by atoms with Crippen molar-refractivity contribution in [2.24, 2.45) is 0 Å². The molecule has 7 heteroatoms. The Morgan fingerprint density at radius 1 is 1.17 bits per heavy atom. The van der Waals surface area contributed by atoms with Gasteiger partial charge in [-0.3, -0.25) is 0 Å². The fourth-order valence-electron chi connectivity index (χ4n) is 2.17. The molecule has 118 valence electrons. The number of nitrogens with zero attached hydrogens (tertiary/aromatic N) is 4. The monoisotopic (exact) mass is 313 g/mol. The molecule has 1 aromatic carbocycles. The summed E-state index contributed by atoms with van der Waals surface area (Å²) in [5.41, 5.74) is 2.16. The van der Waals surface area contributed by atoms with Gasteiger partial charge in [0.15, 0.2) is 17.5 Å². The molecule has 23 heavy (non-hydrogen) atoms. The van der Waals surface area contributed by atoms with E-state index < -0.39 is 5.82 Å². The van der Waals surface area contributed by atoms with Crippen molar-refractivity contribution in [1.29, 1.82) is 0 Å². The lowest BCUT2D eigenvalue weighted by atomic mass is 10.1. The summed E-state index contributed by atoms with van der Waals surface area (Å²) in [4.78, 5) is 12.0. The van der Waals surface area contributed by atoms with E-state index in [-0.39, 0.29) is 5.82 Å². The zero-order valence-corrected chi connectivity index (χ0v) is 12.9. The second kappa shape index (κ2) is 6.51. The second-order valence-corrected chi connectivity index (χ2v) is 5.07. The van der Waals surface area contributed by atoms with Crippen LogP contribution in [0, 0.1) is 12.7 Å². The molecule has 6 nitrogen and oxygen atoms in total. The van der Waals surface area contributed by atoms with E-state index in [0.717, 1.165) is 11.3 Å². The average molecular weight is 313 g/mol. The summed E-state index contributed by atoms with van der Waals surface area (Å²) >= 11 is 0. The van der Waals surface area contributed by atoms with Crippen molar-refractivity contribution in [2.75, 3.05) is 5.32 Å². The molecular weight excluding hydrogens is 297 g/mol. The first-order valence-corrected chi connectivity index (χ1v) is 7.30. The molecule has 1 N–H and O–H groups in total. The highest BCUT2D eigenvalue weighted by Gasteiger charge is 2.10. The summed E-state index contributed by atoms with van der Waals surface area (Å²) in [7, 11) is 0. The van der Waals surface area contributed by atoms with Gasteiger partial charge in [-0.1, -0.05) is 24.2 Å². The Bertz CT molecular complexity index is 800. The molecule has 0 spiro atoms. The summed E-state index contributed by atoms with van der Waals surface area (Å²) in [6, 6.07) is 7.54. The molecule has 0 saturated carbocycles. The van der Waals surface area contributed by atoms with Crippen LogP contribution in [0.5, 0.6) is 0 Å². The molecule has 0 bridgehead atoms. The lowest BCUT2D eigenvalue weighted by molar-refractivity contribution is 0.381. The van der Waals surface area contributed by atoms with Crippen LogP contribution >= 0.6 is 0 Å². The number of aryl methyl sites for hydroxylation is 2. The zero-order chi connectivity index (χ0) is 16.2.